The molecule has 0 radical (unpaired) electrons. The molecule has 0 bridgehead atoms. The fourth-order valence-electron chi connectivity index (χ4n) is 1.02. The Morgan fingerprint density at radius 1 is 1.75 bits per heavy atom. The molecule has 0 aliphatic heterocycles. The van der Waals surface area contributed by atoms with Crippen molar-refractivity contribution in [3.63, 3.8) is 0 Å². The number of thiophene rings is 1. The minimum absolute atomic E-state index is 0.0674. The van der Waals surface area contributed by atoms with Crippen molar-refractivity contribution in [1.82, 2.24) is 0 Å². The third-order valence-electron chi connectivity index (χ3n) is 1.50. The van der Waals surface area contributed by atoms with Crippen LogP contribution < -0.4 is 10.0 Å². The molecule has 12 heavy (non-hydrogen) atoms. The summed E-state index contributed by atoms with van der Waals surface area (Å²) in [5.74, 6) is -0.996. The molecule has 1 rings (SSSR count). The maximum Gasteiger partial charge on any atom is 0.117 e. The molecule has 0 aromatic carbocycles. The van der Waals surface area contributed by atoms with Gasteiger partial charge in [0.2, 0.25) is 0 Å². The molecule has 0 aliphatic rings. The van der Waals surface area contributed by atoms with E-state index in [1.807, 2.05) is 24.6 Å². The number of hydrogen-bond acceptors (Lipinski definition) is 3. The molecule has 3 nitrogen and oxygen atoms in total. The zero-order valence-corrected chi connectivity index (χ0v) is 7.69. The smallest absolute Gasteiger partial charge is 0.117 e. The lowest BCUT2D eigenvalue weighted by molar-refractivity contribution is -0.887. The quantitative estimate of drug-likeness (QED) is 0.621. The number of quaternary nitrogens is 1. The second-order valence-corrected chi connectivity index (χ2v) is 3.79. The zero-order chi connectivity index (χ0) is 8.97. The van der Waals surface area contributed by atoms with Gasteiger partial charge < -0.3 is 14.8 Å². The number of nitrogens with one attached hydrogen (secondary N) is 1. The van der Waals surface area contributed by atoms with Gasteiger partial charge in [-0.2, -0.15) is 0 Å². The minimum Gasteiger partial charge on any atom is -0.544 e. The van der Waals surface area contributed by atoms with Crippen LogP contribution in [0.2, 0.25) is 0 Å². The van der Waals surface area contributed by atoms with Gasteiger partial charge in [-0.05, 0) is 11.4 Å². The second-order valence-electron chi connectivity index (χ2n) is 2.76. The first-order valence-electron chi connectivity index (χ1n) is 3.72. The summed E-state index contributed by atoms with van der Waals surface area (Å²) < 4.78 is 0. The number of carboxylic acids is 1. The van der Waals surface area contributed by atoms with Crippen molar-refractivity contribution in [2.75, 3.05) is 13.6 Å². The number of carbonyl (C=O) groups excluding carboxylic acids is 1. The van der Waals surface area contributed by atoms with Crippen LogP contribution in [-0.2, 0) is 11.3 Å². The summed E-state index contributed by atoms with van der Waals surface area (Å²) in [5.41, 5.74) is 0. The van der Waals surface area contributed by atoms with E-state index in [-0.39, 0.29) is 6.54 Å². The van der Waals surface area contributed by atoms with Crippen molar-refractivity contribution in [2.45, 2.75) is 6.54 Å². The van der Waals surface area contributed by atoms with Crippen LogP contribution in [0.1, 0.15) is 4.88 Å². The number of aliphatic carboxylic acids is 1. The van der Waals surface area contributed by atoms with Gasteiger partial charge in [0.15, 0.2) is 0 Å². The Kier molecular flexibility index (Phi) is 3.25. The molecule has 1 aromatic heterocycles. The first-order chi connectivity index (χ1) is 5.68. The molecule has 0 spiro atoms. The Balaban J connectivity index is 2.36. The van der Waals surface area contributed by atoms with Gasteiger partial charge in [0.25, 0.3) is 0 Å². The molecule has 0 saturated carbocycles. The molecule has 0 aliphatic carbocycles. The van der Waals surface area contributed by atoms with E-state index in [1.165, 1.54) is 4.88 Å². The standard InChI is InChI=1S/C8H11NO2S/c1-9(6-8(10)11)5-7-3-2-4-12-7/h2-4H,5-6H2,1H3,(H,10,11). The number of hydrogen-bond donors (Lipinski definition) is 1. The molecule has 1 aromatic rings. The van der Waals surface area contributed by atoms with E-state index in [4.69, 9.17) is 0 Å². The topological polar surface area (TPSA) is 44.6 Å². The molecule has 66 valence electrons. The van der Waals surface area contributed by atoms with Crippen LogP contribution in [0.3, 0.4) is 0 Å². The van der Waals surface area contributed by atoms with Crippen molar-refractivity contribution < 1.29 is 14.8 Å². The molecule has 0 fully saturated rings. The van der Waals surface area contributed by atoms with Gasteiger partial charge in [0.05, 0.1) is 17.9 Å². The van der Waals surface area contributed by atoms with Crippen molar-refractivity contribution >= 4 is 17.3 Å². The van der Waals surface area contributed by atoms with Gasteiger partial charge in [-0.25, -0.2) is 0 Å². The fraction of sp³-hybridized carbons (Fsp3) is 0.375. The highest BCUT2D eigenvalue weighted by molar-refractivity contribution is 7.09. The summed E-state index contributed by atoms with van der Waals surface area (Å²) in [6.45, 7) is 0.823. The molecule has 1 heterocycles. The number of carboxylic acid groups (broad SMARTS) is 1. The lowest BCUT2D eigenvalue weighted by atomic mass is 10.4. The average Bonchev–Trinajstić information content (AvgIpc) is 2.37. The van der Waals surface area contributed by atoms with Crippen molar-refractivity contribution in [1.29, 1.82) is 0 Å². The van der Waals surface area contributed by atoms with Crippen LogP contribution in [0, 0.1) is 0 Å². The van der Waals surface area contributed by atoms with E-state index >= 15 is 0 Å². The Labute approximate surface area is 75.2 Å². The van der Waals surface area contributed by atoms with Gasteiger partial charge in [-0.1, -0.05) is 6.07 Å². The number of rotatable bonds is 4. The number of likely N-dealkylation sites (N-methyl/N-ethyl adjacent to an activating group) is 1. The molecule has 0 saturated heterocycles. The summed E-state index contributed by atoms with van der Waals surface area (Å²) in [6, 6.07) is 3.97. The van der Waals surface area contributed by atoms with Gasteiger partial charge in [-0.3, -0.25) is 0 Å². The molecule has 0 amide bonds. The zero-order valence-electron chi connectivity index (χ0n) is 6.87. The van der Waals surface area contributed by atoms with Crippen LogP contribution in [0.5, 0.6) is 0 Å². The SMILES string of the molecule is C[NH+](CC(=O)[O-])Cc1cccs1. The van der Waals surface area contributed by atoms with E-state index in [0.717, 1.165) is 11.4 Å². The summed E-state index contributed by atoms with van der Waals surface area (Å²) in [6.07, 6.45) is 0. The largest absolute Gasteiger partial charge is 0.544 e. The molecular formula is C8H11NO2S. The van der Waals surface area contributed by atoms with Crippen LogP contribution in [0.15, 0.2) is 17.5 Å². The third-order valence-corrected chi connectivity index (χ3v) is 2.38. The average molecular weight is 185 g/mol. The van der Waals surface area contributed by atoms with Crippen molar-refractivity contribution in [3.8, 4) is 0 Å². The third kappa shape index (κ3) is 3.02. The first kappa shape index (κ1) is 9.22. The summed E-state index contributed by atoms with van der Waals surface area (Å²) in [5, 5.41) is 12.2. The minimum atomic E-state index is -0.996. The fourth-order valence-corrected chi connectivity index (χ4v) is 1.84. The lowest BCUT2D eigenvalue weighted by Gasteiger charge is -2.12. The van der Waals surface area contributed by atoms with Crippen LogP contribution in [0.4, 0.5) is 0 Å². The molecule has 4 heteroatoms. The van der Waals surface area contributed by atoms with Gasteiger partial charge in [-0.15, -0.1) is 11.3 Å². The highest BCUT2D eigenvalue weighted by atomic mass is 32.1. The maximum absolute atomic E-state index is 10.2. The predicted octanol–water partition coefficient (Wildman–Crippen LogP) is -1.49. The van der Waals surface area contributed by atoms with E-state index in [2.05, 4.69) is 0 Å². The summed E-state index contributed by atoms with van der Waals surface area (Å²) in [4.78, 5) is 12.4. The molecule has 1 N–H and O–H groups in total. The van der Waals surface area contributed by atoms with Gasteiger partial charge in [0.1, 0.15) is 13.1 Å². The highest BCUT2D eigenvalue weighted by Crippen LogP contribution is 2.05. The Hall–Kier alpha value is -0.870. The lowest BCUT2D eigenvalue weighted by Crippen LogP contribution is -3.09. The van der Waals surface area contributed by atoms with E-state index in [1.54, 1.807) is 11.3 Å². The normalized spacial score (nSPS) is 12.8. The molecular weight excluding hydrogens is 174 g/mol. The van der Waals surface area contributed by atoms with Gasteiger partial charge in [0, 0.05) is 0 Å². The van der Waals surface area contributed by atoms with E-state index < -0.39 is 5.97 Å². The molecule has 1 atom stereocenters. The summed E-state index contributed by atoms with van der Waals surface area (Å²) in [7, 11) is 1.84. The second kappa shape index (κ2) is 4.23. The van der Waals surface area contributed by atoms with E-state index in [9.17, 15) is 9.90 Å². The monoisotopic (exact) mass is 185 g/mol. The van der Waals surface area contributed by atoms with Crippen molar-refractivity contribution in [3.05, 3.63) is 22.4 Å². The van der Waals surface area contributed by atoms with Crippen molar-refractivity contribution in [2.24, 2.45) is 0 Å². The molecule has 1 unspecified atom stereocenters. The van der Waals surface area contributed by atoms with Crippen LogP contribution in [0.25, 0.3) is 0 Å². The highest BCUT2D eigenvalue weighted by Gasteiger charge is 2.03. The summed E-state index contributed by atoms with van der Waals surface area (Å²) >= 11 is 1.64. The first-order valence-corrected chi connectivity index (χ1v) is 4.60. The Bertz CT molecular complexity index is 246. The maximum atomic E-state index is 10.2. The Morgan fingerprint density at radius 3 is 3.00 bits per heavy atom. The van der Waals surface area contributed by atoms with E-state index in [0.29, 0.717) is 0 Å². The van der Waals surface area contributed by atoms with Gasteiger partial charge >= 0.3 is 0 Å². The Morgan fingerprint density at radius 2 is 2.50 bits per heavy atom. The number of carbonyl (C=O) groups is 1. The predicted molar refractivity (Wildman–Crippen MR) is 44.8 cm³/mol. The van der Waals surface area contributed by atoms with Crippen LogP contribution in [-0.4, -0.2) is 19.6 Å². The van der Waals surface area contributed by atoms with Crippen LogP contribution >= 0.6 is 11.3 Å².